The molecule has 0 spiro atoms. The predicted molar refractivity (Wildman–Crippen MR) is 71.3 cm³/mol. The summed E-state index contributed by atoms with van der Waals surface area (Å²) >= 11 is 3.60. The second-order valence-electron chi connectivity index (χ2n) is 3.97. The van der Waals surface area contributed by atoms with Crippen molar-refractivity contribution in [1.29, 1.82) is 0 Å². The number of nitrogens with zero attached hydrogens (tertiary/aromatic N) is 2. The lowest BCUT2D eigenvalue weighted by Crippen LogP contribution is -2.31. The summed E-state index contributed by atoms with van der Waals surface area (Å²) < 4.78 is 3.02. The van der Waals surface area contributed by atoms with E-state index in [1.54, 1.807) is 6.20 Å². The molecular formula is C12H15BrN4. The van der Waals surface area contributed by atoms with Crippen LogP contribution in [0.25, 0.3) is 0 Å². The number of hydrogen-bond acceptors (Lipinski definition) is 3. The zero-order chi connectivity index (χ0) is 12.4. The molecule has 0 saturated carbocycles. The van der Waals surface area contributed by atoms with Crippen molar-refractivity contribution in [2.45, 2.75) is 13.0 Å². The highest BCUT2D eigenvalue weighted by atomic mass is 79.9. The van der Waals surface area contributed by atoms with E-state index in [2.05, 4.69) is 39.3 Å². The van der Waals surface area contributed by atoms with E-state index in [9.17, 15) is 0 Å². The molecule has 4 nitrogen and oxygen atoms in total. The predicted octanol–water partition coefficient (Wildman–Crippen LogP) is 2.04. The van der Waals surface area contributed by atoms with Gasteiger partial charge < -0.3 is 4.57 Å². The summed E-state index contributed by atoms with van der Waals surface area (Å²) in [6, 6.07) is 5.99. The Labute approximate surface area is 109 Å². The number of hydrogen-bond donors (Lipinski definition) is 2. The molecule has 2 rings (SSSR count). The normalized spacial score (nSPS) is 12.7. The quantitative estimate of drug-likeness (QED) is 0.673. The van der Waals surface area contributed by atoms with Gasteiger partial charge in [0.25, 0.3) is 0 Å². The number of halogens is 1. The van der Waals surface area contributed by atoms with Crippen molar-refractivity contribution in [3.8, 4) is 0 Å². The number of hydrazine groups is 1. The molecule has 0 aliphatic rings. The smallest absolute Gasteiger partial charge is 0.131 e. The fraction of sp³-hybridized carbons (Fsp3) is 0.250. The molecule has 0 saturated heterocycles. The lowest BCUT2D eigenvalue weighted by molar-refractivity contribution is 0.578. The maximum Gasteiger partial charge on any atom is 0.131 e. The van der Waals surface area contributed by atoms with Gasteiger partial charge in [0.15, 0.2) is 0 Å². The van der Waals surface area contributed by atoms with Crippen LogP contribution in [-0.2, 0) is 7.05 Å². The van der Waals surface area contributed by atoms with E-state index in [-0.39, 0.29) is 6.04 Å². The van der Waals surface area contributed by atoms with Crippen LogP contribution in [0.4, 0.5) is 0 Å². The van der Waals surface area contributed by atoms with Gasteiger partial charge in [-0.2, -0.15) is 0 Å². The van der Waals surface area contributed by atoms with Crippen molar-refractivity contribution in [2.24, 2.45) is 12.9 Å². The molecule has 0 aliphatic carbocycles. The van der Waals surface area contributed by atoms with E-state index in [0.29, 0.717) is 0 Å². The maximum atomic E-state index is 5.66. The van der Waals surface area contributed by atoms with Crippen molar-refractivity contribution in [3.63, 3.8) is 0 Å². The third-order valence-corrected chi connectivity index (χ3v) is 3.90. The van der Waals surface area contributed by atoms with Crippen molar-refractivity contribution >= 4 is 15.9 Å². The van der Waals surface area contributed by atoms with Crippen molar-refractivity contribution in [1.82, 2.24) is 15.0 Å². The van der Waals surface area contributed by atoms with Crippen molar-refractivity contribution in [3.05, 3.63) is 52.0 Å². The second kappa shape index (κ2) is 5.00. The summed E-state index contributed by atoms with van der Waals surface area (Å²) in [5.41, 5.74) is 5.08. The summed E-state index contributed by atoms with van der Waals surface area (Å²) in [5, 5.41) is 0. The molecule has 90 valence electrons. The fourth-order valence-electron chi connectivity index (χ4n) is 1.85. The average Bonchev–Trinajstić information content (AvgIpc) is 2.72. The summed E-state index contributed by atoms with van der Waals surface area (Å²) in [6.07, 6.45) is 3.67. The summed E-state index contributed by atoms with van der Waals surface area (Å²) in [7, 11) is 1.95. The highest BCUT2D eigenvalue weighted by molar-refractivity contribution is 9.10. The molecular weight excluding hydrogens is 280 g/mol. The standard InChI is InChI=1S/C12H15BrN4/c1-8-4-3-5-9(10(8)13)11(16-14)12-15-6-7-17(12)2/h3-7,11,16H,14H2,1-2H3. The summed E-state index contributed by atoms with van der Waals surface area (Å²) in [4.78, 5) is 4.33. The molecule has 2 aromatic rings. The van der Waals surface area contributed by atoms with Gasteiger partial charge in [-0.3, -0.25) is 5.84 Å². The number of aryl methyl sites for hydroxylation is 2. The Hall–Kier alpha value is -1.17. The van der Waals surface area contributed by atoms with Gasteiger partial charge in [-0.05, 0) is 18.1 Å². The molecule has 0 aliphatic heterocycles. The first-order valence-electron chi connectivity index (χ1n) is 5.33. The molecule has 1 aromatic carbocycles. The van der Waals surface area contributed by atoms with E-state index in [0.717, 1.165) is 15.9 Å². The minimum Gasteiger partial charge on any atom is -0.336 e. The molecule has 3 N–H and O–H groups in total. The highest BCUT2D eigenvalue weighted by Gasteiger charge is 2.19. The van der Waals surface area contributed by atoms with Gasteiger partial charge in [-0.1, -0.05) is 34.1 Å². The molecule has 0 fully saturated rings. The van der Waals surface area contributed by atoms with Gasteiger partial charge in [-0.15, -0.1) is 0 Å². The van der Waals surface area contributed by atoms with E-state index in [4.69, 9.17) is 5.84 Å². The average molecular weight is 295 g/mol. The van der Waals surface area contributed by atoms with Gasteiger partial charge in [0.05, 0.1) is 0 Å². The van der Waals surface area contributed by atoms with Crippen LogP contribution in [0.1, 0.15) is 23.0 Å². The van der Waals surface area contributed by atoms with Gasteiger partial charge >= 0.3 is 0 Å². The van der Waals surface area contributed by atoms with Crippen LogP contribution in [-0.4, -0.2) is 9.55 Å². The number of aromatic nitrogens is 2. The van der Waals surface area contributed by atoms with Gasteiger partial charge in [0, 0.05) is 23.9 Å². The fourth-order valence-corrected chi connectivity index (χ4v) is 2.35. The first kappa shape index (κ1) is 12.3. The minimum absolute atomic E-state index is 0.121. The van der Waals surface area contributed by atoms with Crippen LogP contribution in [0.3, 0.4) is 0 Å². The third kappa shape index (κ3) is 2.26. The SMILES string of the molecule is Cc1cccc(C(NN)c2nccn2C)c1Br. The van der Waals surface area contributed by atoms with Gasteiger partial charge in [0.2, 0.25) is 0 Å². The van der Waals surface area contributed by atoms with E-state index in [1.165, 1.54) is 5.56 Å². The Kier molecular flexibility index (Phi) is 3.61. The number of rotatable bonds is 3. The van der Waals surface area contributed by atoms with E-state index < -0.39 is 0 Å². The second-order valence-corrected chi connectivity index (χ2v) is 4.77. The van der Waals surface area contributed by atoms with Crippen LogP contribution in [0.5, 0.6) is 0 Å². The maximum absolute atomic E-state index is 5.66. The number of imidazole rings is 1. The number of nitrogens with one attached hydrogen (secondary N) is 1. The van der Waals surface area contributed by atoms with Crippen LogP contribution in [0, 0.1) is 6.92 Å². The Bertz CT molecular complexity index is 521. The largest absolute Gasteiger partial charge is 0.336 e. The zero-order valence-corrected chi connectivity index (χ0v) is 11.4. The molecule has 1 unspecified atom stereocenters. The molecule has 1 aromatic heterocycles. The monoisotopic (exact) mass is 294 g/mol. The molecule has 0 amide bonds. The topological polar surface area (TPSA) is 55.9 Å². The number of benzene rings is 1. The summed E-state index contributed by atoms with van der Waals surface area (Å²) in [5.74, 6) is 6.55. The minimum atomic E-state index is -0.121. The Morgan fingerprint density at radius 1 is 1.47 bits per heavy atom. The van der Waals surface area contributed by atoms with Crippen LogP contribution >= 0.6 is 15.9 Å². The molecule has 17 heavy (non-hydrogen) atoms. The van der Waals surface area contributed by atoms with Crippen LogP contribution in [0.15, 0.2) is 35.1 Å². The zero-order valence-electron chi connectivity index (χ0n) is 9.81. The van der Waals surface area contributed by atoms with E-state index in [1.807, 2.05) is 29.9 Å². The van der Waals surface area contributed by atoms with Crippen molar-refractivity contribution in [2.75, 3.05) is 0 Å². The first-order chi connectivity index (χ1) is 8.15. The molecule has 5 heteroatoms. The Morgan fingerprint density at radius 2 is 2.24 bits per heavy atom. The van der Waals surface area contributed by atoms with Crippen molar-refractivity contribution < 1.29 is 0 Å². The highest BCUT2D eigenvalue weighted by Crippen LogP contribution is 2.29. The summed E-state index contributed by atoms with van der Waals surface area (Å²) in [6.45, 7) is 2.06. The molecule has 0 radical (unpaired) electrons. The first-order valence-corrected chi connectivity index (χ1v) is 6.12. The number of nitrogens with two attached hydrogens (primary N) is 1. The molecule has 1 atom stereocenters. The third-order valence-electron chi connectivity index (χ3n) is 2.82. The van der Waals surface area contributed by atoms with Crippen LogP contribution in [0.2, 0.25) is 0 Å². The van der Waals surface area contributed by atoms with Gasteiger partial charge in [0.1, 0.15) is 11.9 Å². The van der Waals surface area contributed by atoms with Gasteiger partial charge in [-0.25, -0.2) is 10.4 Å². The lowest BCUT2D eigenvalue weighted by Gasteiger charge is -2.18. The molecule has 0 bridgehead atoms. The Morgan fingerprint density at radius 3 is 2.82 bits per heavy atom. The molecule has 1 heterocycles. The van der Waals surface area contributed by atoms with Crippen LogP contribution < -0.4 is 11.3 Å². The lowest BCUT2D eigenvalue weighted by atomic mass is 10.0. The Balaban J connectivity index is 2.50. The van der Waals surface area contributed by atoms with E-state index >= 15 is 0 Å².